The molecule has 0 aliphatic carbocycles. The lowest BCUT2D eigenvalue weighted by atomic mass is 10.0. The quantitative estimate of drug-likeness (QED) is 0.180. The van der Waals surface area contributed by atoms with E-state index in [1.165, 1.54) is 0 Å². The molecule has 7 nitrogen and oxygen atoms in total. The van der Waals surface area contributed by atoms with Crippen molar-refractivity contribution in [1.82, 2.24) is 19.9 Å². The summed E-state index contributed by atoms with van der Waals surface area (Å²) in [5.74, 6) is 0.0914. The number of nitrogens with one attached hydrogen (secondary N) is 2. The van der Waals surface area contributed by atoms with Gasteiger partial charge >= 0.3 is 0 Å². The normalized spacial score (nSPS) is 12.5. The Bertz CT molecular complexity index is 2410. The van der Waals surface area contributed by atoms with E-state index in [1.807, 2.05) is 80.6 Å². The minimum absolute atomic E-state index is 0.0914. The fourth-order valence-electron chi connectivity index (χ4n) is 6.21. The van der Waals surface area contributed by atoms with Crippen LogP contribution < -0.4 is 15.6 Å². The van der Waals surface area contributed by atoms with E-state index in [0.29, 0.717) is 17.0 Å². The number of H-pyrrole nitrogens is 2. The fourth-order valence-corrected chi connectivity index (χ4v) is 6.21. The minimum atomic E-state index is -0.606. The average molecular weight is 627 g/mol. The average Bonchev–Trinajstić information content (AvgIpc) is 3.93. The van der Waals surface area contributed by atoms with E-state index in [9.17, 15) is 9.59 Å². The maximum atomic E-state index is 12.6. The van der Waals surface area contributed by atoms with Crippen LogP contribution in [0.25, 0.3) is 80.8 Å². The molecule has 48 heavy (non-hydrogen) atoms. The molecule has 0 saturated carbocycles. The van der Waals surface area contributed by atoms with Gasteiger partial charge in [-0.15, -0.1) is 0 Å². The molecule has 6 aromatic rings. The highest BCUT2D eigenvalue weighted by molar-refractivity contribution is 5.95. The topological polar surface area (TPSA) is 101 Å². The van der Waals surface area contributed by atoms with Gasteiger partial charge in [-0.05, 0) is 91.8 Å². The summed E-state index contributed by atoms with van der Waals surface area (Å²) in [6.45, 7) is 3.65. The first kappa shape index (κ1) is 29.1. The first-order chi connectivity index (χ1) is 23.4. The fraction of sp³-hybridized carbons (Fsp3) is 0.0732. The van der Waals surface area contributed by atoms with Crippen molar-refractivity contribution in [3.63, 3.8) is 0 Å². The Morgan fingerprint density at radius 3 is 1.56 bits per heavy atom. The van der Waals surface area contributed by atoms with Crippen molar-refractivity contribution in [2.75, 3.05) is 0 Å². The van der Waals surface area contributed by atoms with Gasteiger partial charge in [0.2, 0.25) is 5.43 Å². The van der Waals surface area contributed by atoms with Crippen molar-refractivity contribution in [1.29, 1.82) is 0 Å². The van der Waals surface area contributed by atoms with Crippen molar-refractivity contribution >= 4 is 58.5 Å². The van der Waals surface area contributed by atoms with Crippen molar-refractivity contribution in [3.8, 4) is 28.0 Å². The lowest BCUT2D eigenvalue weighted by molar-refractivity contribution is 0.236. The zero-order valence-corrected chi connectivity index (χ0v) is 26.3. The highest BCUT2D eigenvalue weighted by Gasteiger charge is 2.22. The molecule has 2 aliphatic rings. The van der Waals surface area contributed by atoms with Gasteiger partial charge in [0.15, 0.2) is 5.75 Å². The smallest absolute Gasteiger partial charge is 0.268 e. The van der Waals surface area contributed by atoms with E-state index in [0.717, 1.165) is 55.7 Å². The first-order valence-corrected chi connectivity index (χ1v) is 15.8. The number of benzene rings is 2. The van der Waals surface area contributed by atoms with Crippen molar-refractivity contribution < 1.29 is 4.74 Å². The van der Waals surface area contributed by atoms with Crippen molar-refractivity contribution in [2.45, 2.75) is 20.0 Å². The van der Waals surface area contributed by atoms with Crippen molar-refractivity contribution in [2.24, 2.45) is 0 Å². The van der Waals surface area contributed by atoms with Crippen LogP contribution >= 0.6 is 0 Å². The molecule has 2 N–H and O–H groups in total. The molecule has 232 valence electrons. The van der Waals surface area contributed by atoms with E-state index >= 15 is 0 Å². The van der Waals surface area contributed by atoms with Gasteiger partial charge in [0.05, 0.1) is 34.4 Å². The number of ether oxygens (including phenoxy) is 1. The standard InChI is InChI=1S/C41H30N4O3/c1-24(2)48-41-30(39(46)40(41)47)16-15-29-31-19-21-35(44-31)37(25-9-5-3-6-10-25)33-17-13-27(42-33)23-28-14-18-34(43-28)38(26-11-7-4-8-12-26)36-22-20-32(29)45-36/h3-24,42-43H,1-2H3/b16-15+,27-23?,28-23?,31-29?,32-29?,37-33?,37-35?,38-34?,38-36?. The lowest BCUT2D eigenvalue weighted by Crippen LogP contribution is -2.36. The largest absolute Gasteiger partial charge is 0.486 e. The van der Waals surface area contributed by atoms with Crippen LogP contribution in [0.3, 0.4) is 0 Å². The Hall–Kier alpha value is -6.34. The van der Waals surface area contributed by atoms with Gasteiger partial charge in [-0.25, -0.2) is 9.97 Å². The number of hydrogen-bond acceptors (Lipinski definition) is 5. The zero-order valence-electron chi connectivity index (χ0n) is 26.3. The van der Waals surface area contributed by atoms with E-state index in [4.69, 9.17) is 14.7 Å². The summed E-state index contributed by atoms with van der Waals surface area (Å²) < 4.78 is 5.69. The van der Waals surface area contributed by atoms with Crippen LogP contribution in [0.2, 0.25) is 0 Å². The van der Waals surface area contributed by atoms with Crippen LogP contribution in [0.4, 0.5) is 0 Å². The Balaban J connectivity index is 1.46. The van der Waals surface area contributed by atoms with Gasteiger partial charge < -0.3 is 14.7 Å². The summed E-state index contributed by atoms with van der Waals surface area (Å²) in [6.07, 6.45) is 11.1. The third-order valence-electron chi connectivity index (χ3n) is 8.41. The number of hydrogen-bond donors (Lipinski definition) is 2. The molecule has 0 atom stereocenters. The molecule has 8 rings (SSSR count). The molecule has 3 aromatic heterocycles. The summed E-state index contributed by atoms with van der Waals surface area (Å²) in [7, 11) is 0. The highest BCUT2D eigenvalue weighted by Crippen LogP contribution is 2.34. The van der Waals surface area contributed by atoms with Crippen LogP contribution in [0, 0.1) is 0 Å². The van der Waals surface area contributed by atoms with Crippen LogP contribution in [0.1, 0.15) is 47.8 Å². The molecule has 0 fully saturated rings. The van der Waals surface area contributed by atoms with Crippen molar-refractivity contribution in [3.05, 3.63) is 145 Å². The molecule has 0 amide bonds. The van der Waals surface area contributed by atoms with Crippen LogP contribution in [-0.4, -0.2) is 26.0 Å². The summed E-state index contributed by atoms with van der Waals surface area (Å²) >= 11 is 0. The Morgan fingerprint density at radius 2 is 1.06 bits per heavy atom. The Labute approximate surface area is 276 Å². The van der Waals surface area contributed by atoms with Gasteiger partial charge in [0.25, 0.3) is 5.43 Å². The molecule has 0 radical (unpaired) electrons. The van der Waals surface area contributed by atoms with Gasteiger partial charge in [0, 0.05) is 38.8 Å². The molecule has 0 spiro atoms. The van der Waals surface area contributed by atoms with Gasteiger partial charge in [0.1, 0.15) is 0 Å². The lowest BCUT2D eigenvalue weighted by Gasteiger charge is -2.12. The molecule has 3 aromatic carbocycles. The summed E-state index contributed by atoms with van der Waals surface area (Å²) in [6, 6.07) is 30.7. The number of nitrogens with zero attached hydrogens (tertiary/aromatic N) is 2. The summed E-state index contributed by atoms with van der Waals surface area (Å²) in [4.78, 5) is 42.5. The van der Waals surface area contributed by atoms with E-state index in [-0.39, 0.29) is 17.4 Å². The van der Waals surface area contributed by atoms with E-state index < -0.39 is 10.9 Å². The number of rotatable bonds is 6. The minimum Gasteiger partial charge on any atom is -0.486 e. The predicted molar refractivity (Wildman–Crippen MR) is 196 cm³/mol. The molecule has 0 saturated heterocycles. The van der Waals surface area contributed by atoms with E-state index in [1.54, 1.807) is 6.08 Å². The maximum absolute atomic E-state index is 12.6. The predicted octanol–water partition coefficient (Wildman–Crippen LogP) is 8.54. The van der Waals surface area contributed by atoms with Crippen LogP contribution in [-0.2, 0) is 0 Å². The zero-order chi connectivity index (χ0) is 32.8. The van der Waals surface area contributed by atoms with Crippen LogP contribution in [0.15, 0.2) is 101 Å². The summed E-state index contributed by atoms with van der Waals surface area (Å²) in [5.41, 5.74) is 10.4. The highest BCUT2D eigenvalue weighted by atomic mass is 16.5. The summed E-state index contributed by atoms with van der Waals surface area (Å²) in [5, 5.41) is 0. The third-order valence-corrected chi connectivity index (χ3v) is 8.41. The van der Waals surface area contributed by atoms with Gasteiger partial charge in [-0.3, -0.25) is 9.59 Å². The molecule has 5 heterocycles. The SMILES string of the molecule is CC(C)Oc1c(/C=C/c2c3nc(c(-c4ccccc4)c4ccc(cc5ccc([nH]5)c(-c5ccccc5)c5nc2C=C5)[nH]4)C=C3)c(=O)c1=O. The van der Waals surface area contributed by atoms with E-state index in [2.05, 4.69) is 64.6 Å². The second kappa shape index (κ2) is 11.8. The molecule has 8 bridgehead atoms. The first-order valence-electron chi connectivity index (χ1n) is 15.8. The monoisotopic (exact) mass is 626 g/mol. The Kier molecular flexibility index (Phi) is 7.14. The second-order valence-corrected chi connectivity index (χ2v) is 12.0. The molecule has 2 aliphatic heterocycles. The molecular formula is C41H30N4O3. The third kappa shape index (κ3) is 5.21. The van der Waals surface area contributed by atoms with Gasteiger partial charge in [-0.2, -0.15) is 0 Å². The van der Waals surface area contributed by atoms with Gasteiger partial charge in [-0.1, -0.05) is 60.7 Å². The molecule has 0 unspecified atom stereocenters. The molecular weight excluding hydrogens is 596 g/mol. The maximum Gasteiger partial charge on any atom is 0.268 e. The second-order valence-electron chi connectivity index (χ2n) is 12.0. The number of aromatic nitrogens is 4. The molecule has 7 heteroatoms. The number of aromatic amines is 2. The Morgan fingerprint density at radius 1 is 0.583 bits per heavy atom. The van der Waals surface area contributed by atoms with Crippen LogP contribution in [0.5, 0.6) is 5.75 Å². The number of fused-ring (bicyclic) bond motifs is 8.